The van der Waals surface area contributed by atoms with Crippen molar-refractivity contribution in [3.05, 3.63) is 35.9 Å². The maximum absolute atomic E-state index is 12.6. The van der Waals surface area contributed by atoms with Crippen LogP contribution in [0.3, 0.4) is 0 Å². The van der Waals surface area contributed by atoms with Crippen LogP contribution in [0.1, 0.15) is 52.5 Å². The van der Waals surface area contributed by atoms with Crippen LogP contribution >= 0.6 is 0 Å². The van der Waals surface area contributed by atoms with Gasteiger partial charge in [-0.1, -0.05) is 37.3 Å². The van der Waals surface area contributed by atoms with Crippen molar-refractivity contribution in [2.24, 2.45) is 11.7 Å². The van der Waals surface area contributed by atoms with E-state index in [0.29, 0.717) is 25.8 Å². The number of nitrogens with zero attached hydrogens (tertiary/aromatic N) is 1. The Balaban J connectivity index is 1.98. The number of nitrogens with two attached hydrogens (primary N) is 1. The van der Waals surface area contributed by atoms with Crippen LogP contribution in [0, 0.1) is 5.92 Å². The third-order valence-electron chi connectivity index (χ3n) is 5.12. The van der Waals surface area contributed by atoms with Gasteiger partial charge in [-0.2, -0.15) is 0 Å². The second-order valence-corrected chi connectivity index (χ2v) is 8.60. The third-order valence-corrected chi connectivity index (χ3v) is 5.12. The van der Waals surface area contributed by atoms with Crippen molar-refractivity contribution in [1.82, 2.24) is 10.2 Å². The number of benzene rings is 1. The van der Waals surface area contributed by atoms with Gasteiger partial charge in [-0.15, -0.1) is 0 Å². The molecule has 1 aromatic rings. The lowest BCUT2D eigenvalue weighted by atomic mass is 9.84. The highest BCUT2D eigenvalue weighted by Gasteiger charge is 2.39. The second kappa shape index (κ2) is 10.3. The van der Waals surface area contributed by atoms with Gasteiger partial charge in [0, 0.05) is 12.6 Å². The van der Waals surface area contributed by atoms with Crippen LogP contribution in [0.4, 0.5) is 9.59 Å². The monoisotopic (exact) mass is 419 g/mol. The molecule has 3 atom stereocenters. The molecule has 8 heteroatoms. The van der Waals surface area contributed by atoms with Crippen LogP contribution < -0.4 is 11.1 Å². The first-order valence-electron chi connectivity index (χ1n) is 10.4. The lowest BCUT2D eigenvalue weighted by Crippen LogP contribution is -2.55. The minimum atomic E-state index is -0.776. The van der Waals surface area contributed by atoms with Gasteiger partial charge >= 0.3 is 12.2 Å². The Morgan fingerprint density at radius 1 is 1.23 bits per heavy atom. The van der Waals surface area contributed by atoms with Crippen molar-refractivity contribution in [3.63, 3.8) is 0 Å². The summed E-state index contributed by atoms with van der Waals surface area (Å²) in [6.45, 7) is 7.83. The normalized spacial score (nSPS) is 20.2. The number of nitrogens with one attached hydrogen (secondary N) is 1. The van der Waals surface area contributed by atoms with Crippen LogP contribution in [0.5, 0.6) is 0 Å². The minimum Gasteiger partial charge on any atom is -0.445 e. The molecule has 0 aromatic heterocycles. The van der Waals surface area contributed by atoms with E-state index in [2.05, 4.69) is 5.32 Å². The number of hydrogen-bond donors (Lipinski definition) is 2. The molecule has 2 rings (SSSR count). The van der Waals surface area contributed by atoms with Gasteiger partial charge in [0.1, 0.15) is 18.2 Å². The van der Waals surface area contributed by atoms with Crippen LogP contribution in [0.25, 0.3) is 0 Å². The van der Waals surface area contributed by atoms with E-state index in [1.165, 1.54) is 4.90 Å². The predicted octanol–water partition coefficient (Wildman–Crippen LogP) is 3.19. The number of amides is 3. The molecular formula is C22H33N3O5. The lowest BCUT2D eigenvalue weighted by Gasteiger charge is -2.40. The van der Waals surface area contributed by atoms with E-state index >= 15 is 0 Å². The van der Waals surface area contributed by atoms with Gasteiger partial charge in [0.05, 0.1) is 0 Å². The molecule has 1 aliphatic heterocycles. The average molecular weight is 420 g/mol. The number of carbonyl (C=O) groups is 3. The molecule has 2 unspecified atom stereocenters. The van der Waals surface area contributed by atoms with Crippen LogP contribution in [0.2, 0.25) is 0 Å². The summed E-state index contributed by atoms with van der Waals surface area (Å²) >= 11 is 0. The number of primary amides is 1. The predicted molar refractivity (Wildman–Crippen MR) is 112 cm³/mol. The smallest absolute Gasteiger partial charge is 0.410 e. The molecule has 0 saturated carbocycles. The van der Waals surface area contributed by atoms with E-state index in [1.54, 1.807) is 20.8 Å². The molecule has 8 nitrogen and oxygen atoms in total. The molecule has 0 aliphatic carbocycles. The second-order valence-electron chi connectivity index (χ2n) is 8.60. The zero-order valence-corrected chi connectivity index (χ0v) is 18.2. The number of ether oxygens (including phenoxy) is 2. The first kappa shape index (κ1) is 23.5. The minimum absolute atomic E-state index is 0.00167. The third kappa shape index (κ3) is 6.93. The topological polar surface area (TPSA) is 111 Å². The van der Waals surface area contributed by atoms with Gasteiger partial charge in [-0.25, -0.2) is 9.59 Å². The summed E-state index contributed by atoms with van der Waals surface area (Å²) in [5.74, 6) is -0.582. The first-order chi connectivity index (χ1) is 14.1. The van der Waals surface area contributed by atoms with Gasteiger partial charge in [0.25, 0.3) is 0 Å². The highest BCUT2D eigenvalue weighted by Crippen LogP contribution is 2.28. The Hall–Kier alpha value is -2.77. The molecule has 1 aromatic carbocycles. The molecule has 30 heavy (non-hydrogen) atoms. The van der Waals surface area contributed by atoms with Gasteiger partial charge in [-0.3, -0.25) is 9.69 Å². The van der Waals surface area contributed by atoms with Crippen LogP contribution in [0.15, 0.2) is 30.3 Å². The SMILES string of the molecule is CC[C@H](NC(=O)OC(C)(C)C)C1CCN(C(=O)OCc2ccccc2)C(C(N)=O)C1. The summed E-state index contributed by atoms with van der Waals surface area (Å²) in [5.41, 5.74) is 5.86. The van der Waals surface area contributed by atoms with Crippen LogP contribution in [-0.4, -0.2) is 47.2 Å². The van der Waals surface area contributed by atoms with Crippen molar-refractivity contribution >= 4 is 18.1 Å². The number of piperidine rings is 1. The molecule has 3 amide bonds. The van der Waals surface area contributed by atoms with E-state index in [1.807, 2.05) is 37.3 Å². The zero-order chi connectivity index (χ0) is 22.3. The number of rotatable bonds is 6. The van der Waals surface area contributed by atoms with Gasteiger partial charge < -0.3 is 20.5 Å². The first-order valence-corrected chi connectivity index (χ1v) is 10.4. The molecule has 3 N–H and O–H groups in total. The standard InChI is InChI=1S/C22H33N3O5/c1-5-17(24-20(27)30-22(2,3)4)16-11-12-25(18(13-16)19(23)26)21(28)29-14-15-9-7-6-8-10-15/h6-10,16-18H,5,11-14H2,1-4H3,(H2,23,26)(H,24,27)/t16?,17-,18?/m0/s1. The van der Waals surface area contributed by atoms with E-state index in [9.17, 15) is 14.4 Å². The Bertz CT molecular complexity index is 732. The summed E-state index contributed by atoms with van der Waals surface area (Å²) in [7, 11) is 0. The number of carbonyl (C=O) groups excluding carboxylic acids is 3. The fraction of sp³-hybridized carbons (Fsp3) is 0.591. The van der Waals surface area contributed by atoms with Gasteiger partial charge in [0.2, 0.25) is 5.91 Å². The summed E-state index contributed by atoms with van der Waals surface area (Å²) in [6.07, 6.45) is 0.611. The van der Waals surface area contributed by atoms with Crippen LogP contribution in [-0.2, 0) is 20.9 Å². The van der Waals surface area contributed by atoms with Crippen molar-refractivity contribution < 1.29 is 23.9 Å². The number of alkyl carbamates (subject to hydrolysis) is 1. The zero-order valence-electron chi connectivity index (χ0n) is 18.2. The van der Waals surface area contributed by atoms with Gasteiger partial charge in [0.15, 0.2) is 0 Å². The molecule has 0 spiro atoms. The molecule has 0 radical (unpaired) electrons. The Labute approximate surface area is 178 Å². The summed E-state index contributed by atoms with van der Waals surface area (Å²) < 4.78 is 10.7. The summed E-state index contributed by atoms with van der Waals surface area (Å²) in [6, 6.07) is 8.38. The maximum atomic E-state index is 12.6. The molecule has 1 fully saturated rings. The quantitative estimate of drug-likeness (QED) is 0.736. The molecule has 0 bridgehead atoms. The lowest BCUT2D eigenvalue weighted by molar-refractivity contribution is -0.124. The average Bonchev–Trinajstić information content (AvgIpc) is 2.69. The van der Waals surface area contributed by atoms with E-state index in [-0.39, 0.29) is 18.6 Å². The summed E-state index contributed by atoms with van der Waals surface area (Å²) in [5, 5.41) is 2.90. The highest BCUT2D eigenvalue weighted by molar-refractivity contribution is 5.84. The Morgan fingerprint density at radius 2 is 1.90 bits per heavy atom. The number of hydrogen-bond acceptors (Lipinski definition) is 5. The summed E-state index contributed by atoms with van der Waals surface area (Å²) in [4.78, 5) is 38.2. The fourth-order valence-corrected chi connectivity index (χ4v) is 3.66. The van der Waals surface area contributed by atoms with E-state index < -0.39 is 29.7 Å². The largest absolute Gasteiger partial charge is 0.445 e. The molecule has 166 valence electrons. The van der Waals surface area contributed by atoms with Gasteiger partial charge in [-0.05, 0) is 51.5 Å². The van der Waals surface area contributed by atoms with E-state index in [4.69, 9.17) is 15.2 Å². The Morgan fingerprint density at radius 3 is 2.47 bits per heavy atom. The van der Waals surface area contributed by atoms with Crippen molar-refractivity contribution in [1.29, 1.82) is 0 Å². The van der Waals surface area contributed by atoms with E-state index in [0.717, 1.165) is 5.56 Å². The number of likely N-dealkylation sites (tertiary alicyclic amines) is 1. The molecule has 1 heterocycles. The molecule has 1 saturated heterocycles. The fourth-order valence-electron chi connectivity index (χ4n) is 3.66. The maximum Gasteiger partial charge on any atom is 0.410 e. The van der Waals surface area contributed by atoms with Crippen molar-refractivity contribution in [2.75, 3.05) is 6.54 Å². The van der Waals surface area contributed by atoms with Crippen molar-refractivity contribution in [2.45, 2.75) is 71.2 Å². The molecule has 1 aliphatic rings. The molecular weight excluding hydrogens is 386 g/mol. The Kier molecular flexibility index (Phi) is 8.08. The highest BCUT2D eigenvalue weighted by atomic mass is 16.6. The van der Waals surface area contributed by atoms with Crippen molar-refractivity contribution in [3.8, 4) is 0 Å².